The van der Waals surface area contributed by atoms with Gasteiger partial charge in [0, 0.05) is 6.54 Å². The Hall–Kier alpha value is -0.770. The summed E-state index contributed by atoms with van der Waals surface area (Å²) in [7, 11) is 0. The molecule has 0 aromatic heterocycles. The molecule has 0 saturated carbocycles. The summed E-state index contributed by atoms with van der Waals surface area (Å²) in [5.41, 5.74) is -0.246. The summed E-state index contributed by atoms with van der Waals surface area (Å²) in [4.78, 5) is 13.2. The highest BCUT2D eigenvalue weighted by Crippen LogP contribution is 2.19. The van der Waals surface area contributed by atoms with E-state index in [0.717, 1.165) is 0 Å². The van der Waals surface area contributed by atoms with Crippen molar-refractivity contribution < 1.29 is 14.3 Å². The van der Waals surface area contributed by atoms with Crippen LogP contribution < -0.4 is 0 Å². The molecule has 0 aromatic carbocycles. The predicted octanol–water partition coefficient (Wildman–Crippen LogP) is 1.25. The summed E-state index contributed by atoms with van der Waals surface area (Å²) in [6, 6.07) is 0. The summed E-state index contributed by atoms with van der Waals surface area (Å²) in [5, 5.41) is 0. The molecule has 1 saturated heterocycles. The van der Waals surface area contributed by atoms with Crippen molar-refractivity contribution in [1.29, 1.82) is 0 Å². The number of amides is 1. The second-order valence-electron chi connectivity index (χ2n) is 3.72. The molecule has 0 spiro atoms. The predicted molar refractivity (Wildman–Crippen MR) is 48.6 cm³/mol. The highest BCUT2D eigenvalue weighted by Gasteiger charge is 2.34. The van der Waals surface area contributed by atoms with E-state index in [9.17, 15) is 4.79 Å². The molecule has 1 rings (SSSR count). The Morgan fingerprint density at radius 2 is 2.31 bits per heavy atom. The van der Waals surface area contributed by atoms with Crippen molar-refractivity contribution in [3.63, 3.8) is 0 Å². The van der Waals surface area contributed by atoms with Crippen molar-refractivity contribution in [2.24, 2.45) is 0 Å². The van der Waals surface area contributed by atoms with E-state index < -0.39 is 0 Å². The number of morpholine rings is 1. The summed E-state index contributed by atoms with van der Waals surface area (Å²) < 4.78 is 10.2. The molecule has 1 aliphatic rings. The number of carbonyl (C=O) groups is 1. The Morgan fingerprint density at radius 3 is 2.85 bits per heavy atom. The number of hydrogen-bond donors (Lipinski definition) is 0. The molecule has 4 nitrogen and oxygen atoms in total. The van der Waals surface area contributed by atoms with E-state index in [-0.39, 0.29) is 11.6 Å². The minimum absolute atomic E-state index is 0.240. The molecule has 1 amide bonds. The molecular weight excluding hydrogens is 170 g/mol. The van der Waals surface area contributed by atoms with Gasteiger partial charge in [-0.2, -0.15) is 0 Å². The first-order chi connectivity index (χ1) is 6.08. The number of ether oxygens (including phenoxy) is 2. The fourth-order valence-electron chi connectivity index (χ4n) is 1.40. The molecule has 1 fully saturated rings. The first-order valence-corrected chi connectivity index (χ1v) is 4.60. The van der Waals surface area contributed by atoms with Crippen molar-refractivity contribution in [3.05, 3.63) is 0 Å². The zero-order chi connectivity index (χ0) is 9.90. The maximum Gasteiger partial charge on any atom is 0.410 e. The van der Waals surface area contributed by atoms with Gasteiger partial charge in [0.05, 0.1) is 25.4 Å². The standard InChI is InChI=1S/C9H17NO3/c1-4-13-8(11)10-5-6-12-7-9(10,2)3/h4-7H2,1-3H3. The first kappa shape index (κ1) is 10.3. The van der Waals surface area contributed by atoms with Crippen molar-refractivity contribution in [1.82, 2.24) is 4.90 Å². The highest BCUT2D eigenvalue weighted by molar-refractivity contribution is 5.68. The minimum Gasteiger partial charge on any atom is -0.450 e. The van der Waals surface area contributed by atoms with Crippen LogP contribution in [0.2, 0.25) is 0 Å². The molecule has 76 valence electrons. The van der Waals surface area contributed by atoms with Gasteiger partial charge in [0.2, 0.25) is 0 Å². The molecule has 0 radical (unpaired) electrons. The fraction of sp³-hybridized carbons (Fsp3) is 0.889. The van der Waals surface area contributed by atoms with Crippen LogP contribution in [0.4, 0.5) is 4.79 Å². The Morgan fingerprint density at radius 1 is 1.62 bits per heavy atom. The van der Waals surface area contributed by atoms with Gasteiger partial charge in [-0.05, 0) is 20.8 Å². The fourth-order valence-corrected chi connectivity index (χ4v) is 1.40. The van der Waals surface area contributed by atoms with Crippen LogP contribution in [0, 0.1) is 0 Å². The maximum absolute atomic E-state index is 11.5. The highest BCUT2D eigenvalue weighted by atomic mass is 16.6. The third-order valence-electron chi connectivity index (χ3n) is 2.13. The van der Waals surface area contributed by atoms with Crippen LogP contribution in [0.5, 0.6) is 0 Å². The minimum atomic E-state index is -0.246. The second kappa shape index (κ2) is 3.96. The number of hydrogen-bond acceptors (Lipinski definition) is 3. The lowest BCUT2D eigenvalue weighted by atomic mass is 10.0. The monoisotopic (exact) mass is 187 g/mol. The van der Waals surface area contributed by atoms with Crippen LogP contribution in [0.1, 0.15) is 20.8 Å². The molecule has 0 unspecified atom stereocenters. The van der Waals surface area contributed by atoms with Crippen molar-refractivity contribution in [2.45, 2.75) is 26.3 Å². The van der Waals surface area contributed by atoms with E-state index in [1.165, 1.54) is 0 Å². The summed E-state index contributed by atoms with van der Waals surface area (Å²) in [6.07, 6.45) is -0.240. The normalized spacial score (nSPS) is 21.3. The molecule has 0 atom stereocenters. The van der Waals surface area contributed by atoms with Crippen LogP contribution in [0.15, 0.2) is 0 Å². The third kappa shape index (κ3) is 2.34. The average Bonchev–Trinajstić information content (AvgIpc) is 2.03. The summed E-state index contributed by atoms with van der Waals surface area (Å²) in [5.74, 6) is 0. The van der Waals surface area contributed by atoms with E-state index in [1.54, 1.807) is 4.90 Å². The van der Waals surface area contributed by atoms with Gasteiger partial charge >= 0.3 is 6.09 Å². The largest absolute Gasteiger partial charge is 0.450 e. The molecule has 1 aliphatic heterocycles. The van der Waals surface area contributed by atoms with Gasteiger partial charge in [-0.3, -0.25) is 4.90 Å². The van der Waals surface area contributed by atoms with Crippen LogP contribution >= 0.6 is 0 Å². The topological polar surface area (TPSA) is 38.8 Å². The number of carbonyl (C=O) groups excluding carboxylic acids is 1. The van der Waals surface area contributed by atoms with Gasteiger partial charge in [0.15, 0.2) is 0 Å². The van der Waals surface area contributed by atoms with Crippen molar-refractivity contribution in [2.75, 3.05) is 26.4 Å². The molecule has 0 bridgehead atoms. The van der Waals surface area contributed by atoms with Gasteiger partial charge < -0.3 is 9.47 Å². The molecule has 0 aromatic rings. The Kier molecular flexibility index (Phi) is 3.14. The van der Waals surface area contributed by atoms with E-state index >= 15 is 0 Å². The molecular formula is C9H17NO3. The molecule has 4 heteroatoms. The number of rotatable bonds is 1. The van der Waals surface area contributed by atoms with Crippen LogP contribution in [-0.2, 0) is 9.47 Å². The van der Waals surface area contributed by atoms with Crippen LogP contribution in [-0.4, -0.2) is 42.9 Å². The maximum atomic E-state index is 11.5. The molecule has 0 N–H and O–H groups in total. The second-order valence-corrected chi connectivity index (χ2v) is 3.72. The lowest BCUT2D eigenvalue weighted by Crippen LogP contribution is -2.55. The first-order valence-electron chi connectivity index (χ1n) is 4.60. The lowest BCUT2D eigenvalue weighted by molar-refractivity contribution is -0.0449. The molecule has 13 heavy (non-hydrogen) atoms. The average molecular weight is 187 g/mol. The Balaban J connectivity index is 2.59. The zero-order valence-electron chi connectivity index (χ0n) is 8.50. The SMILES string of the molecule is CCOC(=O)N1CCOCC1(C)C. The third-order valence-corrected chi connectivity index (χ3v) is 2.13. The van der Waals surface area contributed by atoms with E-state index in [2.05, 4.69) is 0 Å². The molecule has 1 heterocycles. The Bertz CT molecular complexity index is 191. The summed E-state index contributed by atoms with van der Waals surface area (Å²) >= 11 is 0. The van der Waals surface area contributed by atoms with Gasteiger partial charge in [-0.1, -0.05) is 0 Å². The lowest BCUT2D eigenvalue weighted by Gasteiger charge is -2.40. The van der Waals surface area contributed by atoms with Gasteiger partial charge in [0.25, 0.3) is 0 Å². The van der Waals surface area contributed by atoms with Gasteiger partial charge in [0.1, 0.15) is 0 Å². The zero-order valence-corrected chi connectivity index (χ0v) is 8.50. The smallest absolute Gasteiger partial charge is 0.410 e. The van der Waals surface area contributed by atoms with Crippen LogP contribution in [0.25, 0.3) is 0 Å². The Labute approximate surface area is 78.8 Å². The van der Waals surface area contributed by atoms with Gasteiger partial charge in [-0.25, -0.2) is 4.79 Å². The van der Waals surface area contributed by atoms with Crippen molar-refractivity contribution in [3.8, 4) is 0 Å². The quantitative estimate of drug-likeness (QED) is 0.620. The van der Waals surface area contributed by atoms with Crippen LogP contribution in [0.3, 0.4) is 0 Å². The van der Waals surface area contributed by atoms with E-state index in [1.807, 2.05) is 20.8 Å². The van der Waals surface area contributed by atoms with E-state index in [0.29, 0.717) is 26.4 Å². The number of nitrogens with zero attached hydrogens (tertiary/aromatic N) is 1. The van der Waals surface area contributed by atoms with Gasteiger partial charge in [-0.15, -0.1) is 0 Å². The van der Waals surface area contributed by atoms with Crippen molar-refractivity contribution >= 4 is 6.09 Å². The molecule has 0 aliphatic carbocycles. The summed E-state index contributed by atoms with van der Waals surface area (Å²) in [6.45, 7) is 7.98. The van der Waals surface area contributed by atoms with E-state index in [4.69, 9.17) is 9.47 Å².